The fourth-order valence-electron chi connectivity index (χ4n) is 2.92. The number of hydrogen-bond acceptors (Lipinski definition) is 2. The van der Waals surface area contributed by atoms with E-state index in [1.807, 2.05) is 25.2 Å². The van der Waals surface area contributed by atoms with Gasteiger partial charge >= 0.3 is 6.03 Å². The molecule has 1 aromatic rings. The third-order valence-corrected chi connectivity index (χ3v) is 4.00. The minimum absolute atomic E-state index is 0.126. The van der Waals surface area contributed by atoms with Crippen molar-refractivity contribution >= 4 is 6.03 Å². The molecule has 5 heteroatoms. The number of aromatic nitrogens is 2. The minimum atomic E-state index is 0.126. The number of rotatable bonds is 4. The third-order valence-electron chi connectivity index (χ3n) is 4.00. The second-order valence-corrected chi connectivity index (χ2v) is 5.95. The van der Waals surface area contributed by atoms with E-state index in [1.54, 1.807) is 4.90 Å². The van der Waals surface area contributed by atoms with Gasteiger partial charge in [-0.3, -0.25) is 0 Å². The molecule has 0 radical (unpaired) electrons. The van der Waals surface area contributed by atoms with Crippen LogP contribution in [0, 0.1) is 12.8 Å². The summed E-state index contributed by atoms with van der Waals surface area (Å²) in [5, 5.41) is 0. The van der Waals surface area contributed by atoms with Gasteiger partial charge in [-0.05, 0) is 25.7 Å². The third kappa shape index (κ3) is 3.14. The number of imidazole rings is 1. The van der Waals surface area contributed by atoms with Crippen molar-refractivity contribution in [2.45, 2.75) is 39.7 Å². The standard InChI is InChI=1S/C15H26N4O/c1-5-7-19-12(2)10-16-14(19)9-13-6-8-18(11-13)15(20)17(3)4/h10,13H,5-9,11H2,1-4H3. The van der Waals surface area contributed by atoms with Gasteiger partial charge in [0, 0.05) is 52.0 Å². The average Bonchev–Trinajstić information content (AvgIpc) is 3.00. The SMILES string of the molecule is CCCn1c(C)cnc1CC1CCN(C(=O)N(C)C)C1. The second kappa shape index (κ2) is 6.29. The molecule has 1 saturated heterocycles. The largest absolute Gasteiger partial charge is 0.332 e. The zero-order valence-electron chi connectivity index (χ0n) is 13.1. The summed E-state index contributed by atoms with van der Waals surface area (Å²) in [6, 6.07) is 0.126. The van der Waals surface area contributed by atoms with Crippen molar-refractivity contribution in [3.05, 3.63) is 17.7 Å². The molecule has 1 aromatic heterocycles. The highest BCUT2D eigenvalue weighted by Crippen LogP contribution is 2.21. The number of nitrogens with zero attached hydrogens (tertiary/aromatic N) is 4. The number of likely N-dealkylation sites (tertiary alicyclic amines) is 1. The number of urea groups is 1. The second-order valence-electron chi connectivity index (χ2n) is 5.95. The molecule has 0 bridgehead atoms. The molecule has 1 aliphatic rings. The maximum atomic E-state index is 11.9. The van der Waals surface area contributed by atoms with Crippen LogP contribution < -0.4 is 0 Å². The van der Waals surface area contributed by atoms with Gasteiger partial charge in [-0.25, -0.2) is 9.78 Å². The van der Waals surface area contributed by atoms with Crippen molar-refractivity contribution in [1.82, 2.24) is 19.4 Å². The number of aryl methyl sites for hydroxylation is 1. The summed E-state index contributed by atoms with van der Waals surface area (Å²) in [5.74, 6) is 1.71. The lowest BCUT2D eigenvalue weighted by atomic mass is 10.0. The predicted molar refractivity (Wildman–Crippen MR) is 79.7 cm³/mol. The van der Waals surface area contributed by atoms with Crippen LogP contribution in [0.5, 0.6) is 0 Å². The molecule has 1 atom stereocenters. The molecule has 0 N–H and O–H groups in total. The monoisotopic (exact) mass is 278 g/mol. The fraction of sp³-hybridized carbons (Fsp3) is 0.733. The molecular weight excluding hydrogens is 252 g/mol. The highest BCUT2D eigenvalue weighted by atomic mass is 16.2. The molecule has 0 aromatic carbocycles. The van der Waals surface area contributed by atoms with Crippen molar-refractivity contribution in [3.8, 4) is 0 Å². The molecule has 2 heterocycles. The first-order valence-corrected chi connectivity index (χ1v) is 7.50. The Morgan fingerprint density at radius 1 is 1.50 bits per heavy atom. The van der Waals surface area contributed by atoms with Crippen LogP contribution in [0.15, 0.2) is 6.20 Å². The van der Waals surface area contributed by atoms with Gasteiger partial charge in [0.2, 0.25) is 0 Å². The quantitative estimate of drug-likeness (QED) is 0.847. The van der Waals surface area contributed by atoms with Crippen LogP contribution in [0.3, 0.4) is 0 Å². The zero-order valence-corrected chi connectivity index (χ0v) is 13.1. The van der Waals surface area contributed by atoms with Crippen LogP contribution in [-0.4, -0.2) is 52.6 Å². The van der Waals surface area contributed by atoms with Crippen LogP contribution in [-0.2, 0) is 13.0 Å². The summed E-state index contributed by atoms with van der Waals surface area (Å²) in [4.78, 5) is 20.1. The molecule has 2 amide bonds. The van der Waals surface area contributed by atoms with Crippen LogP contribution >= 0.6 is 0 Å². The summed E-state index contributed by atoms with van der Waals surface area (Å²) >= 11 is 0. The first-order valence-electron chi connectivity index (χ1n) is 7.50. The van der Waals surface area contributed by atoms with Crippen LogP contribution in [0.1, 0.15) is 31.3 Å². The molecule has 1 unspecified atom stereocenters. The lowest BCUT2D eigenvalue weighted by molar-refractivity contribution is 0.180. The van der Waals surface area contributed by atoms with Gasteiger partial charge in [-0.2, -0.15) is 0 Å². The molecule has 0 saturated carbocycles. The Morgan fingerprint density at radius 3 is 2.90 bits per heavy atom. The Hall–Kier alpha value is -1.52. The predicted octanol–water partition coefficient (Wildman–Crippen LogP) is 2.15. The van der Waals surface area contributed by atoms with Crippen molar-refractivity contribution in [2.75, 3.05) is 27.2 Å². The van der Waals surface area contributed by atoms with Crippen LogP contribution in [0.4, 0.5) is 4.79 Å². The van der Waals surface area contributed by atoms with E-state index in [2.05, 4.69) is 23.4 Å². The van der Waals surface area contributed by atoms with E-state index in [-0.39, 0.29) is 6.03 Å². The smallest absolute Gasteiger partial charge is 0.319 e. The number of amides is 2. The molecule has 0 spiro atoms. The number of carbonyl (C=O) groups is 1. The summed E-state index contributed by atoms with van der Waals surface area (Å²) in [5.41, 5.74) is 1.24. The molecule has 1 fully saturated rings. The molecule has 1 aliphatic heterocycles. The lowest BCUT2D eigenvalue weighted by Gasteiger charge is -2.21. The first-order chi connectivity index (χ1) is 9.52. The van der Waals surface area contributed by atoms with Gasteiger partial charge in [0.25, 0.3) is 0 Å². The Labute approximate surface area is 121 Å². The summed E-state index contributed by atoms with van der Waals surface area (Å²) in [6.07, 6.45) is 5.14. The van der Waals surface area contributed by atoms with E-state index in [4.69, 9.17) is 0 Å². The molecule has 0 aliphatic carbocycles. The van der Waals surface area contributed by atoms with E-state index in [0.29, 0.717) is 5.92 Å². The zero-order chi connectivity index (χ0) is 14.7. The summed E-state index contributed by atoms with van der Waals surface area (Å²) < 4.78 is 2.32. The van der Waals surface area contributed by atoms with E-state index < -0.39 is 0 Å². The lowest BCUT2D eigenvalue weighted by Crippen LogP contribution is -2.37. The average molecular weight is 278 g/mol. The Balaban J connectivity index is 1.97. The number of hydrogen-bond donors (Lipinski definition) is 0. The van der Waals surface area contributed by atoms with E-state index in [0.717, 1.165) is 38.9 Å². The molecule has 20 heavy (non-hydrogen) atoms. The Morgan fingerprint density at radius 2 is 2.25 bits per heavy atom. The van der Waals surface area contributed by atoms with Gasteiger partial charge in [-0.15, -0.1) is 0 Å². The van der Waals surface area contributed by atoms with Gasteiger partial charge < -0.3 is 14.4 Å². The normalized spacial score (nSPS) is 18.6. The van der Waals surface area contributed by atoms with Crippen LogP contribution in [0.2, 0.25) is 0 Å². The number of carbonyl (C=O) groups excluding carboxylic acids is 1. The van der Waals surface area contributed by atoms with E-state index >= 15 is 0 Å². The first kappa shape index (κ1) is 14.9. The minimum Gasteiger partial charge on any atom is -0.332 e. The van der Waals surface area contributed by atoms with Gasteiger partial charge in [-0.1, -0.05) is 6.92 Å². The molecular formula is C15H26N4O. The maximum Gasteiger partial charge on any atom is 0.319 e. The van der Waals surface area contributed by atoms with E-state index in [9.17, 15) is 4.79 Å². The maximum absolute atomic E-state index is 11.9. The Kier molecular flexibility index (Phi) is 4.68. The topological polar surface area (TPSA) is 41.4 Å². The Bertz CT molecular complexity index is 466. The van der Waals surface area contributed by atoms with Gasteiger partial charge in [0.15, 0.2) is 0 Å². The van der Waals surface area contributed by atoms with Crippen LogP contribution in [0.25, 0.3) is 0 Å². The van der Waals surface area contributed by atoms with Crippen molar-refractivity contribution in [2.24, 2.45) is 5.92 Å². The van der Waals surface area contributed by atoms with Crippen molar-refractivity contribution < 1.29 is 4.79 Å². The van der Waals surface area contributed by atoms with Gasteiger partial charge in [0.05, 0.1) is 0 Å². The summed E-state index contributed by atoms with van der Waals surface area (Å²) in [6.45, 7) is 7.07. The van der Waals surface area contributed by atoms with Crippen molar-refractivity contribution in [3.63, 3.8) is 0 Å². The molecule has 5 nitrogen and oxygen atoms in total. The van der Waals surface area contributed by atoms with Crippen molar-refractivity contribution in [1.29, 1.82) is 0 Å². The highest BCUT2D eigenvalue weighted by Gasteiger charge is 2.28. The van der Waals surface area contributed by atoms with Gasteiger partial charge in [0.1, 0.15) is 5.82 Å². The fourth-order valence-corrected chi connectivity index (χ4v) is 2.92. The summed E-state index contributed by atoms with van der Waals surface area (Å²) in [7, 11) is 3.62. The molecule has 112 valence electrons. The van der Waals surface area contributed by atoms with E-state index in [1.165, 1.54) is 11.5 Å². The molecule has 2 rings (SSSR count). The highest BCUT2D eigenvalue weighted by molar-refractivity contribution is 5.74.